The molecule has 0 amide bonds. The summed E-state index contributed by atoms with van der Waals surface area (Å²) < 4.78 is 0. The zero-order chi connectivity index (χ0) is 14.1. The lowest BCUT2D eigenvalue weighted by molar-refractivity contribution is 0.465. The second-order valence-corrected chi connectivity index (χ2v) is 5.06. The lowest BCUT2D eigenvalue weighted by Crippen LogP contribution is -2.40. The van der Waals surface area contributed by atoms with Crippen LogP contribution in [-0.4, -0.2) is 38.0 Å². The molecular formula is C15H24ClN3. The molecule has 1 rings (SSSR count). The summed E-state index contributed by atoms with van der Waals surface area (Å²) in [5, 5.41) is 4.17. The van der Waals surface area contributed by atoms with E-state index in [1.807, 2.05) is 19.2 Å². The Morgan fingerprint density at radius 1 is 1.32 bits per heavy atom. The van der Waals surface area contributed by atoms with Crippen molar-refractivity contribution in [1.29, 1.82) is 0 Å². The van der Waals surface area contributed by atoms with Crippen LogP contribution < -0.4 is 5.32 Å². The summed E-state index contributed by atoms with van der Waals surface area (Å²) in [4.78, 5) is 6.47. The average Bonchev–Trinajstić information content (AvgIpc) is 2.43. The molecule has 0 heterocycles. The maximum Gasteiger partial charge on any atom is 0.193 e. The molecule has 0 radical (unpaired) electrons. The van der Waals surface area contributed by atoms with Gasteiger partial charge in [-0.05, 0) is 30.5 Å². The monoisotopic (exact) mass is 281 g/mol. The smallest absolute Gasteiger partial charge is 0.193 e. The molecule has 0 aliphatic carbocycles. The molecule has 1 aromatic rings. The van der Waals surface area contributed by atoms with Gasteiger partial charge < -0.3 is 10.2 Å². The fraction of sp³-hybridized carbons (Fsp3) is 0.533. The first-order valence-corrected chi connectivity index (χ1v) is 7.21. The predicted octanol–water partition coefficient (Wildman–Crippen LogP) is 3.19. The third-order valence-electron chi connectivity index (χ3n) is 3.03. The molecule has 0 atom stereocenters. The van der Waals surface area contributed by atoms with Crippen molar-refractivity contribution in [3.05, 3.63) is 34.9 Å². The molecule has 4 heteroatoms. The van der Waals surface area contributed by atoms with Gasteiger partial charge in [-0.15, -0.1) is 0 Å². The van der Waals surface area contributed by atoms with E-state index in [-0.39, 0.29) is 0 Å². The van der Waals surface area contributed by atoms with Gasteiger partial charge in [-0.25, -0.2) is 0 Å². The van der Waals surface area contributed by atoms with E-state index >= 15 is 0 Å². The fourth-order valence-electron chi connectivity index (χ4n) is 1.86. The van der Waals surface area contributed by atoms with Crippen molar-refractivity contribution in [3.8, 4) is 0 Å². The van der Waals surface area contributed by atoms with Gasteiger partial charge in [-0.1, -0.05) is 37.1 Å². The number of hydrogen-bond donors (Lipinski definition) is 1. The molecule has 1 N–H and O–H groups in total. The Labute approximate surface area is 121 Å². The number of hydrogen-bond acceptors (Lipinski definition) is 1. The molecular weight excluding hydrogens is 258 g/mol. The van der Waals surface area contributed by atoms with Crippen molar-refractivity contribution in [1.82, 2.24) is 10.2 Å². The molecule has 0 aliphatic heterocycles. The zero-order valence-corrected chi connectivity index (χ0v) is 12.9. The van der Waals surface area contributed by atoms with Gasteiger partial charge in [-0.2, -0.15) is 0 Å². The number of nitrogens with zero attached hydrogens (tertiary/aromatic N) is 2. The summed E-state index contributed by atoms with van der Waals surface area (Å²) in [5.41, 5.74) is 1.28. The van der Waals surface area contributed by atoms with E-state index < -0.39 is 0 Å². The second kappa shape index (κ2) is 8.81. The minimum absolute atomic E-state index is 0.784. The van der Waals surface area contributed by atoms with Gasteiger partial charge in [-0.3, -0.25) is 4.99 Å². The minimum atomic E-state index is 0.784. The van der Waals surface area contributed by atoms with E-state index in [0.29, 0.717) is 0 Å². The van der Waals surface area contributed by atoms with E-state index in [4.69, 9.17) is 11.6 Å². The van der Waals surface area contributed by atoms with Crippen LogP contribution in [0.1, 0.15) is 25.3 Å². The molecule has 0 bridgehead atoms. The Balaban J connectivity index is 2.35. The van der Waals surface area contributed by atoms with Crippen LogP contribution in [0.25, 0.3) is 0 Å². The van der Waals surface area contributed by atoms with Crippen molar-refractivity contribution in [3.63, 3.8) is 0 Å². The number of benzene rings is 1. The quantitative estimate of drug-likeness (QED) is 0.641. The Kier molecular flexibility index (Phi) is 7.34. The molecule has 0 aliphatic rings. The van der Waals surface area contributed by atoms with Gasteiger partial charge in [0, 0.05) is 32.2 Å². The van der Waals surface area contributed by atoms with E-state index in [1.165, 1.54) is 18.4 Å². The Bertz CT molecular complexity index is 387. The Hall–Kier alpha value is -1.22. The number of aliphatic imine (C=N–C) groups is 1. The first-order valence-electron chi connectivity index (χ1n) is 6.83. The van der Waals surface area contributed by atoms with Crippen molar-refractivity contribution in [2.24, 2.45) is 4.99 Å². The standard InChI is InChI=1S/C15H24ClN3/c1-4-5-12-19(3)15(17-2)18-11-10-13-6-8-14(16)9-7-13/h6-9H,4-5,10-12H2,1-3H3,(H,17,18). The van der Waals surface area contributed by atoms with Gasteiger partial charge in [0.1, 0.15) is 0 Å². The SMILES string of the molecule is CCCCN(C)C(=NC)NCCc1ccc(Cl)cc1. The second-order valence-electron chi connectivity index (χ2n) is 4.63. The van der Waals surface area contributed by atoms with Crippen LogP contribution in [-0.2, 0) is 6.42 Å². The van der Waals surface area contributed by atoms with Gasteiger partial charge in [0.15, 0.2) is 5.96 Å². The molecule has 3 nitrogen and oxygen atoms in total. The normalized spacial score (nSPS) is 11.5. The molecule has 0 spiro atoms. The Morgan fingerprint density at radius 3 is 2.58 bits per heavy atom. The van der Waals surface area contributed by atoms with E-state index in [9.17, 15) is 0 Å². The van der Waals surface area contributed by atoms with Crippen molar-refractivity contribution in [2.75, 3.05) is 27.2 Å². The number of rotatable bonds is 6. The van der Waals surface area contributed by atoms with Crippen LogP contribution in [0, 0.1) is 0 Å². The molecule has 0 fully saturated rings. The lowest BCUT2D eigenvalue weighted by atomic mass is 10.1. The number of nitrogens with one attached hydrogen (secondary N) is 1. The van der Waals surface area contributed by atoms with Gasteiger partial charge >= 0.3 is 0 Å². The molecule has 106 valence electrons. The third-order valence-corrected chi connectivity index (χ3v) is 3.28. The maximum atomic E-state index is 5.87. The molecule has 0 unspecified atom stereocenters. The van der Waals surface area contributed by atoms with Crippen molar-refractivity contribution < 1.29 is 0 Å². The largest absolute Gasteiger partial charge is 0.356 e. The summed E-state index contributed by atoms with van der Waals surface area (Å²) in [6, 6.07) is 7.99. The van der Waals surface area contributed by atoms with E-state index in [0.717, 1.165) is 30.5 Å². The highest BCUT2D eigenvalue weighted by Gasteiger charge is 2.04. The van der Waals surface area contributed by atoms with Crippen LogP contribution in [0.15, 0.2) is 29.3 Å². The Morgan fingerprint density at radius 2 is 2.00 bits per heavy atom. The number of unbranched alkanes of at least 4 members (excludes halogenated alkanes) is 1. The minimum Gasteiger partial charge on any atom is -0.356 e. The number of guanidine groups is 1. The lowest BCUT2D eigenvalue weighted by Gasteiger charge is -2.21. The summed E-state index contributed by atoms with van der Waals surface area (Å²) in [5.74, 6) is 0.961. The molecule has 0 saturated heterocycles. The van der Waals surface area contributed by atoms with Gasteiger partial charge in [0.25, 0.3) is 0 Å². The fourth-order valence-corrected chi connectivity index (χ4v) is 1.98. The van der Waals surface area contributed by atoms with Gasteiger partial charge in [0.05, 0.1) is 0 Å². The molecule has 0 aromatic heterocycles. The molecule has 19 heavy (non-hydrogen) atoms. The van der Waals surface area contributed by atoms with Crippen LogP contribution in [0.3, 0.4) is 0 Å². The average molecular weight is 282 g/mol. The number of halogens is 1. The van der Waals surface area contributed by atoms with Crippen molar-refractivity contribution >= 4 is 17.6 Å². The summed E-state index contributed by atoms with van der Waals surface area (Å²) >= 11 is 5.87. The first-order chi connectivity index (χ1) is 9.17. The van der Waals surface area contributed by atoms with Crippen LogP contribution in [0.4, 0.5) is 0 Å². The predicted molar refractivity (Wildman–Crippen MR) is 84.1 cm³/mol. The topological polar surface area (TPSA) is 27.6 Å². The maximum absolute atomic E-state index is 5.87. The van der Waals surface area contributed by atoms with Crippen molar-refractivity contribution in [2.45, 2.75) is 26.2 Å². The van der Waals surface area contributed by atoms with Gasteiger partial charge in [0.2, 0.25) is 0 Å². The molecule has 1 aromatic carbocycles. The van der Waals surface area contributed by atoms with Crippen LogP contribution in [0.2, 0.25) is 5.02 Å². The molecule has 0 saturated carbocycles. The third kappa shape index (κ3) is 5.97. The summed E-state index contributed by atoms with van der Waals surface area (Å²) in [7, 11) is 3.90. The highest BCUT2D eigenvalue weighted by atomic mass is 35.5. The summed E-state index contributed by atoms with van der Waals surface area (Å²) in [6.45, 7) is 4.12. The first kappa shape index (κ1) is 15.8. The highest BCUT2D eigenvalue weighted by Crippen LogP contribution is 2.09. The highest BCUT2D eigenvalue weighted by molar-refractivity contribution is 6.30. The van der Waals surface area contributed by atoms with E-state index in [1.54, 1.807) is 0 Å². The van der Waals surface area contributed by atoms with E-state index in [2.05, 4.69) is 41.3 Å². The van der Waals surface area contributed by atoms with Crippen LogP contribution >= 0.6 is 11.6 Å². The zero-order valence-electron chi connectivity index (χ0n) is 12.1. The summed E-state index contributed by atoms with van der Waals surface area (Å²) in [6.07, 6.45) is 3.36. The van der Waals surface area contributed by atoms with Crippen LogP contribution in [0.5, 0.6) is 0 Å².